The highest BCUT2D eigenvalue weighted by Gasteiger charge is 2.17. The molecule has 0 saturated carbocycles. The molecule has 0 radical (unpaired) electrons. The third kappa shape index (κ3) is 2.00. The lowest BCUT2D eigenvalue weighted by atomic mass is 9.97. The molecule has 1 N–H and O–H groups in total. The quantitative estimate of drug-likeness (QED) is 0.762. The molecule has 2 heterocycles. The van der Waals surface area contributed by atoms with Crippen LogP contribution in [-0.4, -0.2) is 19.9 Å². The van der Waals surface area contributed by atoms with E-state index >= 15 is 0 Å². The molecule has 4 heteroatoms. The predicted molar refractivity (Wildman–Crippen MR) is 73.7 cm³/mol. The van der Waals surface area contributed by atoms with Crippen molar-refractivity contribution in [2.75, 3.05) is 0 Å². The largest absolute Gasteiger partial charge is 0.384 e. The van der Waals surface area contributed by atoms with E-state index in [4.69, 9.17) is 0 Å². The molecule has 0 spiro atoms. The van der Waals surface area contributed by atoms with Gasteiger partial charge < -0.3 is 5.11 Å². The molecule has 96 valence electrons. The van der Waals surface area contributed by atoms with Gasteiger partial charge in [-0.1, -0.05) is 18.2 Å². The Hall–Kier alpha value is -2.20. The van der Waals surface area contributed by atoms with Crippen LogP contribution in [0, 0.1) is 6.92 Å². The average molecular weight is 253 g/mol. The topological polar surface area (TPSA) is 50.9 Å². The first-order valence-corrected chi connectivity index (χ1v) is 6.17. The minimum Gasteiger partial charge on any atom is -0.384 e. The van der Waals surface area contributed by atoms with Gasteiger partial charge in [-0.15, -0.1) is 0 Å². The van der Waals surface area contributed by atoms with E-state index in [-0.39, 0.29) is 0 Å². The maximum absolute atomic E-state index is 10.6. The van der Waals surface area contributed by atoms with Crippen LogP contribution >= 0.6 is 0 Å². The van der Waals surface area contributed by atoms with Crippen molar-refractivity contribution in [1.82, 2.24) is 14.8 Å². The van der Waals surface area contributed by atoms with E-state index < -0.39 is 6.10 Å². The maximum atomic E-state index is 10.6. The van der Waals surface area contributed by atoms with Gasteiger partial charge in [0, 0.05) is 36.6 Å². The lowest BCUT2D eigenvalue weighted by molar-refractivity contribution is 0.221. The highest BCUT2D eigenvalue weighted by molar-refractivity contribution is 5.85. The first kappa shape index (κ1) is 11.9. The summed E-state index contributed by atoms with van der Waals surface area (Å²) < 4.78 is 1.72. The summed E-state index contributed by atoms with van der Waals surface area (Å²) in [7, 11) is 1.86. The Bertz CT molecular complexity index is 728. The van der Waals surface area contributed by atoms with Crippen LogP contribution in [0.25, 0.3) is 10.8 Å². The Morgan fingerprint density at radius 2 is 2.05 bits per heavy atom. The number of aliphatic hydroxyl groups excluding tert-OH is 1. The van der Waals surface area contributed by atoms with E-state index in [0.29, 0.717) is 0 Å². The zero-order valence-electron chi connectivity index (χ0n) is 10.9. The summed E-state index contributed by atoms with van der Waals surface area (Å²) in [5.41, 5.74) is 2.54. The van der Waals surface area contributed by atoms with Gasteiger partial charge in [0.1, 0.15) is 6.10 Å². The SMILES string of the molecule is Cc1nn(C)cc1C(O)c1cccc2ccncc12. The average Bonchev–Trinajstić information content (AvgIpc) is 2.76. The second-order valence-electron chi connectivity index (χ2n) is 4.69. The Morgan fingerprint density at radius 1 is 1.21 bits per heavy atom. The molecule has 0 aliphatic carbocycles. The molecule has 0 amide bonds. The number of aliphatic hydroxyl groups is 1. The number of aryl methyl sites for hydroxylation is 2. The van der Waals surface area contributed by atoms with Crippen molar-refractivity contribution in [3.05, 3.63) is 59.7 Å². The Balaban J connectivity index is 2.16. The van der Waals surface area contributed by atoms with E-state index in [0.717, 1.165) is 27.6 Å². The molecule has 1 aromatic carbocycles. The minimum atomic E-state index is -0.679. The second-order valence-corrected chi connectivity index (χ2v) is 4.69. The summed E-state index contributed by atoms with van der Waals surface area (Å²) in [5.74, 6) is 0. The highest BCUT2D eigenvalue weighted by Crippen LogP contribution is 2.29. The molecule has 0 bridgehead atoms. The predicted octanol–water partition coefficient (Wildman–Crippen LogP) is 2.36. The number of hydrogen-bond acceptors (Lipinski definition) is 3. The summed E-state index contributed by atoms with van der Waals surface area (Å²) in [6.45, 7) is 1.90. The molecule has 2 aromatic heterocycles. The summed E-state index contributed by atoms with van der Waals surface area (Å²) in [5, 5.41) is 16.9. The first-order valence-electron chi connectivity index (χ1n) is 6.17. The molecule has 1 unspecified atom stereocenters. The molecular formula is C15H15N3O. The third-order valence-electron chi connectivity index (χ3n) is 3.36. The summed E-state index contributed by atoms with van der Waals surface area (Å²) >= 11 is 0. The Kier molecular flexibility index (Phi) is 2.80. The Labute approximate surface area is 111 Å². The number of nitrogens with zero attached hydrogens (tertiary/aromatic N) is 3. The molecule has 4 nitrogen and oxygen atoms in total. The number of pyridine rings is 1. The van der Waals surface area contributed by atoms with Crippen molar-refractivity contribution in [3.63, 3.8) is 0 Å². The minimum absolute atomic E-state index is 0.679. The molecule has 0 aliphatic heterocycles. The van der Waals surface area contributed by atoms with Crippen LogP contribution in [-0.2, 0) is 7.05 Å². The van der Waals surface area contributed by atoms with E-state index in [1.54, 1.807) is 17.1 Å². The maximum Gasteiger partial charge on any atom is 0.108 e. The number of aromatic nitrogens is 3. The zero-order chi connectivity index (χ0) is 13.4. The number of benzene rings is 1. The van der Waals surface area contributed by atoms with Crippen molar-refractivity contribution in [2.45, 2.75) is 13.0 Å². The van der Waals surface area contributed by atoms with E-state index in [1.807, 2.05) is 44.4 Å². The van der Waals surface area contributed by atoms with Crippen LogP contribution in [0.5, 0.6) is 0 Å². The molecule has 1 atom stereocenters. The fraction of sp³-hybridized carbons (Fsp3) is 0.200. The Morgan fingerprint density at radius 3 is 2.79 bits per heavy atom. The van der Waals surface area contributed by atoms with Gasteiger partial charge >= 0.3 is 0 Å². The third-order valence-corrected chi connectivity index (χ3v) is 3.36. The number of hydrogen-bond donors (Lipinski definition) is 1. The number of fused-ring (bicyclic) bond motifs is 1. The van der Waals surface area contributed by atoms with Gasteiger partial charge in [-0.2, -0.15) is 5.10 Å². The lowest BCUT2D eigenvalue weighted by Crippen LogP contribution is -2.01. The van der Waals surface area contributed by atoms with Gasteiger partial charge in [-0.25, -0.2) is 0 Å². The van der Waals surface area contributed by atoms with Crippen LogP contribution < -0.4 is 0 Å². The highest BCUT2D eigenvalue weighted by atomic mass is 16.3. The van der Waals surface area contributed by atoms with Gasteiger partial charge in [-0.3, -0.25) is 9.67 Å². The fourth-order valence-corrected chi connectivity index (χ4v) is 2.43. The zero-order valence-corrected chi connectivity index (χ0v) is 10.9. The van der Waals surface area contributed by atoms with Crippen LogP contribution in [0.3, 0.4) is 0 Å². The molecule has 19 heavy (non-hydrogen) atoms. The van der Waals surface area contributed by atoms with Gasteiger partial charge in [-0.05, 0) is 23.9 Å². The number of rotatable bonds is 2. The molecule has 3 aromatic rings. The van der Waals surface area contributed by atoms with Crippen molar-refractivity contribution in [3.8, 4) is 0 Å². The first-order chi connectivity index (χ1) is 9.16. The van der Waals surface area contributed by atoms with E-state index in [2.05, 4.69) is 10.1 Å². The van der Waals surface area contributed by atoms with Crippen LogP contribution in [0.2, 0.25) is 0 Å². The van der Waals surface area contributed by atoms with Crippen LogP contribution in [0.1, 0.15) is 22.9 Å². The van der Waals surface area contributed by atoms with E-state index in [1.165, 1.54) is 0 Å². The van der Waals surface area contributed by atoms with Gasteiger partial charge in [0.25, 0.3) is 0 Å². The van der Waals surface area contributed by atoms with Crippen LogP contribution in [0.15, 0.2) is 42.9 Å². The summed E-state index contributed by atoms with van der Waals surface area (Å²) in [6.07, 6.45) is 4.73. The molecule has 0 saturated heterocycles. The van der Waals surface area contributed by atoms with Crippen molar-refractivity contribution in [2.24, 2.45) is 7.05 Å². The van der Waals surface area contributed by atoms with E-state index in [9.17, 15) is 5.11 Å². The monoisotopic (exact) mass is 253 g/mol. The second kappa shape index (κ2) is 4.48. The summed E-state index contributed by atoms with van der Waals surface area (Å²) in [4.78, 5) is 4.15. The lowest BCUT2D eigenvalue weighted by Gasteiger charge is -2.12. The molecule has 3 rings (SSSR count). The molecule has 0 fully saturated rings. The van der Waals surface area contributed by atoms with Crippen molar-refractivity contribution in [1.29, 1.82) is 0 Å². The smallest absolute Gasteiger partial charge is 0.108 e. The van der Waals surface area contributed by atoms with Crippen molar-refractivity contribution >= 4 is 10.8 Å². The fourth-order valence-electron chi connectivity index (χ4n) is 2.43. The summed E-state index contributed by atoms with van der Waals surface area (Å²) in [6, 6.07) is 7.85. The molecule has 0 aliphatic rings. The van der Waals surface area contributed by atoms with Gasteiger partial charge in [0.05, 0.1) is 5.69 Å². The van der Waals surface area contributed by atoms with Crippen molar-refractivity contribution < 1.29 is 5.11 Å². The van der Waals surface area contributed by atoms with Crippen LogP contribution in [0.4, 0.5) is 0 Å². The van der Waals surface area contributed by atoms with Gasteiger partial charge in [0.15, 0.2) is 0 Å². The normalized spacial score (nSPS) is 12.8. The molecular weight excluding hydrogens is 238 g/mol. The van der Waals surface area contributed by atoms with Gasteiger partial charge in [0.2, 0.25) is 0 Å². The standard InChI is InChI=1S/C15H15N3O/c1-10-14(9-18(2)17-10)15(19)12-5-3-4-11-6-7-16-8-13(11)12/h3-9,15,19H,1-2H3.